The summed E-state index contributed by atoms with van der Waals surface area (Å²) in [6.45, 7) is 1.74. The van der Waals surface area contributed by atoms with E-state index >= 15 is 0 Å². The number of hydrogen-bond donors (Lipinski definition) is 1. The molecule has 1 aromatic carbocycles. The topological polar surface area (TPSA) is 83.1 Å². The number of nitrogens with zero attached hydrogens (tertiary/aromatic N) is 4. The van der Waals surface area contributed by atoms with Gasteiger partial charge in [0, 0.05) is 28.2 Å². The van der Waals surface area contributed by atoms with Crippen LogP contribution in [0.2, 0.25) is 5.02 Å². The number of hydrogen-bond acceptors (Lipinski definition) is 5. The number of allylic oxidation sites excluding steroid dienone is 1. The number of fused-ring (bicyclic) bond motifs is 2. The lowest BCUT2D eigenvalue weighted by molar-refractivity contribution is -0.114. The molecule has 3 aromatic rings. The van der Waals surface area contributed by atoms with Crippen LogP contribution in [0.1, 0.15) is 12.6 Å². The smallest absolute Gasteiger partial charge is 0.283 e. The van der Waals surface area contributed by atoms with Crippen LogP contribution in [-0.2, 0) is 9.63 Å². The summed E-state index contributed by atoms with van der Waals surface area (Å²) < 4.78 is 1.88. The Balaban J connectivity index is 1.67. The number of halogens is 1. The third kappa shape index (κ3) is 2.57. The predicted molar refractivity (Wildman–Crippen MR) is 108 cm³/mol. The molecule has 0 aliphatic carbocycles. The predicted octanol–water partition coefficient (Wildman–Crippen LogP) is 4.17. The van der Waals surface area contributed by atoms with Crippen molar-refractivity contribution in [2.24, 2.45) is 4.99 Å². The Labute approximate surface area is 168 Å². The van der Waals surface area contributed by atoms with E-state index in [2.05, 4.69) is 9.98 Å². The average molecular weight is 410 g/mol. The standard InChI is InChI=1S/C19H12ClN5O2S/c1-10-8-15-22-18(26)13(17(21)25(15)27-10)9-14-16(11-2-4-12(20)5-3-11)23-19-24(14)6-7-28-19/h2-9,21H,1H3/b13-9-,21-17?. The molecule has 0 bridgehead atoms. The molecule has 9 heteroatoms. The first-order chi connectivity index (χ1) is 13.5. The highest BCUT2D eigenvalue weighted by Gasteiger charge is 2.34. The number of amidine groups is 2. The van der Waals surface area contributed by atoms with Gasteiger partial charge in [0.05, 0.1) is 17.0 Å². The largest absolute Gasteiger partial charge is 0.376 e. The number of aliphatic imine (C=N–C) groups is 1. The number of thiazole rings is 1. The highest BCUT2D eigenvalue weighted by atomic mass is 35.5. The Morgan fingerprint density at radius 1 is 1.29 bits per heavy atom. The van der Waals surface area contributed by atoms with E-state index < -0.39 is 5.91 Å². The van der Waals surface area contributed by atoms with Gasteiger partial charge in [0.15, 0.2) is 16.6 Å². The maximum atomic E-state index is 12.6. The summed E-state index contributed by atoms with van der Waals surface area (Å²) in [5, 5.41) is 12.2. The fraction of sp³-hybridized carbons (Fsp3) is 0.0526. The molecule has 1 N–H and O–H groups in total. The Morgan fingerprint density at radius 2 is 2.07 bits per heavy atom. The first-order valence-corrected chi connectivity index (χ1v) is 9.58. The Kier molecular flexibility index (Phi) is 3.71. The van der Waals surface area contributed by atoms with Crippen molar-refractivity contribution in [1.82, 2.24) is 14.4 Å². The number of carbonyl (C=O) groups is 1. The zero-order valence-electron chi connectivity index (χ0n) is 14.5. The van der Waals surface area contributed by atoms with Crippen molar-refractivity contribution in [3.63, 3.8) is 0 Å². The lowest BCUT2D eigenvalue weighted by Gasteiger charge is -2.22. The zero-order valence-corrected chi connectivity index (χ0v) is 16.1. The lowest BCUT2D eigenvalue weighted by Crippen LogP contribution is -2.38. The second-order valence-corrected chi connectivity index (χ2v) is 7.54. The normalized spacial score (nSPS) is 17.8. The van der Waals surface area contributed by atoms with Crippen molar-refractivity contribution >= 4 is 51.6 Å². The van der Waals surface area contributed by atoms with Crippen molar-refractivity contribution in [2.75, 3.05) is 0 Å². The van der Waals surface area contributed by atoms with E-state index in [9.17, 15) is 4.79 Å². The van der Waals surface area contributed by atoms with Crippen LogP contribution in [0.15, 0.2) is 58.2 Å². The van der Waals surface area contributed by atoms with Crippen molar-refractivity contribution in [3.8, 4) is 11.3 Å². The van der Waals surface area contributed by atoms with Crippen molar-refractivity contribution in [3.05, 3.63) is 64.0 Å². The molecule has 0 fully saturated rings. The van der Waals surface area contributed by atoms with E-state index in [0.29, 0.717) is 28.0 Å². The van der Waals surface area contributed by atoms with Gasteiger partial charge in [0.1, 0.15) is 5.76 Å². The summed E-state index contributed by atoms with van der Waals surface area (Å²) in [6.07, 6.45) is 5.14. The quantitative estimate of drug-likeness (QED) is 0.644. The molecule has 4 heterocycles. The van der Waals surface area contributed by atoms with E-state index in [4.69, 9.17) is 21.8 Å². The van der Waals surface area contributed by atoms with Crippen LogP contribution >= 0.6 is 22.9 Å². The van der Waals surface area contributed by atoms with Crippen LogP contribution in [0.5, 0.6) is 0 Å². The van der Waals surface area contributed by atoms with Gasteiger partial charge in [-0.25, -0.2) is 4.98 Å². The van der Waals surface area contributed by atoms with Gasteiger partial charge < -0.3 is 4.84 Å². The van der Waals surface area contributed by atoms with E-state index in [-0.39, 0.29) is 11.4 Å². The monoisotopic (exact) mass is 409 g/mol. The third-order valence-corrected chi connectivity index (χ3v) is 5.39. The molecule has 2 aliphatic heterocycles. The van der Waals surface area contributed by atoms with E-state index in [1.54, 1.807) is 31.2 Å². The highest BCUT2D eigenvalue weighted by molar-refractivity contribution is 7.15. The number of nitrogens with one attached hydrogen (secondary N) is 1. The molecule has 2 aromatic heterocycles. The van der Waals surface area contributed by atoms with Gasteiger partial charge in [-0.2, -0.15) is 4.99 Å². The molecule has 5 rings (SSSR count). The Hall–Kier alpha value is -3.23. The van der Waals surface area contributed by atoms with Crippen LogP contribution < -0.4 is 0 Å². The minimum absolute atomic E-state index is 0.0599. The summed E-state index contributed by atoms with van der Waals surface area (Å²) in [6, 6.07) is 7.33. The second kappa shape index (κ2) is 6.15. The van der Waals surface area contributed by atoms with Crippen LogP contribution in [0, 0.1) is 5.41 Å². The molecule has 0 radical (unpaired) electrons. The lowest BCUT2D eigenvalue weighted by atomic mass is 10.1. The molecule has 0 saturated carbocycles. The maximum absolute atomic E-state index is 12.6. The van der Waals surface area contributed by atoms with E-state index in [0.717, 1.165) is 10.5 Å². The zero-order chi connectivity index (χ0) is 19.4. The molecule has 0 spiro atoms. The fourth-order valence-electron chi connectivity index (χ4n) is 3.10. The van der Waals surface area contributed by atoms with Crippen LogP contribution in [0.4, 0.5) is 0 Å². The van der Waals surface area contributed by atoms with Gasteiger partial charge in [0.25, 0.3) is 5.91 Å². The summed E-state index contributed by atoms with van der Waals surface area (Å²) in [7, 11) is 0. The first kappa shape index (κ1) is 16.9. The fourth-order valence-corrected chi connectivity index (χ4v) is 3.95. The summed E-state index contributed by atoms with van der Waals surface area (Å²) in [5.74, 6) is 0.342. The summed E-state index contributed by atoms with van der Waals surface area (Å²) in [4.78, 5) is 27.6. The molecular formula is C19H12ClN5O2S. The summed E-state index contributed by atoms with van der Waals surface area (Å²) >= 11 is 7.49. The van der Waals surface area contributed by atoms with Gasteiger partial charge in [-0.1, -0.05) is 23.7 Å². The van der Waals surface area contributed by atoms with Gasteiger partial charge in [-0.3, -0.25) is 14.6 Å². The van der Waals surface area contributed by atoms with E-state index in [1.807, 2.05) is 28.1 Å². The number of rotatable bonds is 2. The molecule has 0 saturated heterocycles. The van der Waals surface area contributed by atoms with Gasteiger partial charge >= 0.3 is 0 Å². The maximum Gasteiger partial charge on any atom is 0.283 e. The van der Waals surface area contributed by atoms with Gasteiger partial charge in [-0.15, -0.1) is 16.4 Å². The minimum atomic E-state index is -0.488. The number of carbonyl (C=O) groups excluding carboxylic acids is 1. The Bertz CT molecular complexity index is 1250. The van der Waals surface area contributed by atoms with Crippen molar-refractivity contribution in [1.29, 1.82) is 5.41 Å². The molecule has 0 unspecified atom stereocenters. The number of imidazole rings is 1. The van der Waals surface area contributed by atoms with Crippen molar-refractivity contribution < 1.29 is 9.63 Å². The Morgan fingerprint density at radius 3 is 2.86 bits per heavy atom. The molecule has 28 heavy (non-hydrogen) atoms. The molecule has 1 amide bonds. The number of amides is 1. The van der Waals surface area contributed by atoms with Gasteiger partial charge in [0.2, 0.25) is 0 Å². The van der Waals surface area contributed by atoms with E-state index in [1.165, 1.54) is 16.4 Å². The number of benzene rings is 1. The van der Waals surface area contributed by atoms with Crippen LogP contribution in [0.3, 0.4) is 0 Å². The first-order valence-electron chi connectivity index (χ1n) is 8.33. The van der Waals surface area contributed by atoms with Gasteiger partial charge in [-0.05, 0) is 25.1 Å². The molecule has 7 nitrogen and oxygen atoms in total. The molecule has 138 valence electrons. The van der Waals surface area contributed by atoms with Crippen LogP contribution in [-0.4, -0.2) is 32.0 Å². The highest BCUT2D eigenvalue weighted by Crippen LogP contribution is 2.31. The van der Waals surface area contributed by atoms with Crippen LogP contribution in [0.25, 0.3) is 22.3 Å². The SMILES string of the molecule is CC1=CC2=NC(=O)/C(=C\c3c(-c4ccc(Cl)cc4)nc4sccn34)C(=N)N2O1. The number of aromatic nitrogens is 2. The minimum Gasteiger partial charge on any atom is -0.376 e. The molecule has 2 aliphatic rings. The molecular weight excluding hydrogens is 398 g/mol. The summed E-state index contributed by atoms with van der Waals surface area (Å²) in [5.41, 5.74) is 2.38. The molecule has 0 atom stereocenters. The average Bonchev–Trinajstić information content (AvgIpc) is 3.34. The number of hydroxylamine groups is 2. The second-order valence-electron chi connectivity index (χ2n) is 6.23. The van der Waals surface area contributed by atoms with Crippen molar-refractivity contribution in [2.45, 2.75) is 6.92 Å². The third-order valence-electron chi connectivity index (χ3n) is 4.38.